The molecule has 1 N–H and O–H groups in total. The minimum absolute atomic E-state index is 0.0498. The van der Waals surface area contributed by atoms with Crippen LogP contribution in [-0.2, 0) is 16.1 Å². The van der Waals surface area contributed by atoms with Crippen molar-refractivity contribution in [1.29, 1.82) is 0 Å². The van der Waals surface area contributed by atoms with Crippen molar-refractivity contribution >= 4 is 23.6 Å². The number of hydrogen-bond donors (Lipinski definition) is 1. The van der Waals surface area contributed by atoms with Crippen LogP contribution in [0.4, 0.5) is 13.2 Å². The summed E-state index contributed by atoms with van der Waals surface area (Å²) >= 11 is 5.77. The van der Waals surface area contributed by atoms with Gasteiger partial charge in [0, 0.05) is 16.1 Å². The summed E-state index contributed by atoms with van der Waals surface area (Å²) in [6.45, 7) is -2.98. The van der Waals surface area contributed by atoms with Crippen LogP contribution in [0.15, 0.2) is 17.7 Å². The Morgan fingerprint density at radius 3 is 2.76 bits per heavy atom. The molecule has 114 valence electrons. The minimum atomic E-state index is -4.95. The zero-order valence-electron chi connectivity index (χ0n) is 12.5. The number of rotatable bonds is 2. The lowest BCUT2D eigenvalue weighted by Crippen LogP contribution is -2.40. The average Bonchev–Trinajstić information content (AvgIpc) is 2.42. The molecule has 1 aromatic rings. The summed E-state index contributed by atoms with van der Waals surface area (Å²) in [4.78, 5) is 11.6. The fourth-order valence-electron chi connectivity index (χ4n) is 1.89. The van der Waals surface area contributed by atoms with E-state index >= 15 is 0 Å². The van der Waals surface area contributed by atoms with Crippen LogP contribution in [0.25, 0.3) is 6.08 Å². The molecule has 0 spiro atoms. The fourth-order valence-corrected chi connectivity index (χ4v) is 2.11. The van der Waals surface area contributed by atoms with Crippen molar-refractivity contribution in [3.05, 3.63) is 33.9 Å². The summed E-state index contributed by atoms with van der Waals surface area (Å²) in [6, 6.07) is 2.13. The quantitative estimate of drug-likeness (QED) is 0.850. The van der Waals surface area contributed by atoms with Crippen LogP contribution < -0.4 is 4.74 Å². The van der Waals surface area contributed by atoms with Gasteiger partial charge in [0.05, 0.1) is 22.0 Å². The molecular weight excluding hydrogens is 313 g/mol. The van der Waals surface area contributed by atoms with Crippen LogP contribution in [-0.4, -0.2) is 30.5 Å². The van der Waals surface area contributed by atoms with Gasteiger partial charge in [-0.15, -0.1) is 0 Å². The number of aliphatic hydroxyl groups is 1. The molecule has 8 heteroatoms. The Morgan fingerprint density at radius 2 is 2.24 bits per heavy atom. The van der Waals surface area contributed by atoms with Crippen molar-refractivity contribution in [2.75, 3.05) is 7.11 Å². The molecule has 0 bridgehead atoms. The molecule has 4 nitrogen and oxygen atoms in total. The van der Waals surface area contributed by atoms with Crippen molar-refractivity contribution in [1.82, 2.24) is 0 Å². The van der Waals surface area contributed by atoms with Crippen LogP contribution in [0.1, 0.15) is 13.9 Å². The lowest BCUT2D eigenvalue weighted by molar-refractivity contribution is -0.187. The molecule has 1 heterocycles. The summed E-state index contributed by atoms with van der Waals surface area (Å²) in [7, 11) is 0.919. The van der Waals surface area contributed by atoms with E-state index in [0.717, 1.165) is 19.3 Å². The monoisotopic (exact) mass is 324 g/mol. The predicted octanol–water partition coefficient (Wildman–Crippen LogP) is 2.71. The molecule has 0 fully saturated rings. The summed E-state index contributed by atoms with van der Waals surface area (Å²) in [6.07, 6.45) is -6.74. The topological polar surface area (TPSA) is 55.8 Å². The van der Waals surface area contributed by atoms with E-state index in [1.165, 1.54) is 6.07 Å². The highest BCUT2D eigenvalue weighted by Crippen LogP contribution is 2.40. The maximum atomic E-state index is 13.1. The van der Waals surface area contributed by atoms with Crippen LogP contribution in [0, 0.1) is 0 Å². The first-order valence-corrected chi connectivity index (χ1v) is 5.92. The molecule has 21 heavy (non-hydrogen) atoms. The van der Waals surface area contributed by atoms with Crippen LogP contribution in [0.3, 0.4) is 0 Å². The number of esters is 1. The van der Waals surface area contributed by atoms with Gasteiger partial charge in [-0.1, -0.05) is 11.6 Å². The van der Waals surface area contributed by atoms with Gasteiger partial charge in [-0.3, -0.25) is 0 Å². The third-order valence-corrected chi connectivity index (χ3v) is 2.97. The fraction of sp³-hybridized carbons (Fsp3) is 0.308. The normalized spacial score (nSPS) is 19.7. The second kappa shape index (κ2) is 5.57. The molecule has 0 aliphatic carbocycles. The first kappa shape index (κ1) is 13.0. The van der Waals surface area contributed by atoms with E-state index in [1.807, 2.05) is 0 Å². The van der Waals surface area contributed by atoms with Gasteiger partial charge in [0.2, 0.25) is 6.10 Å². The van der Waals surface area contributed by atoms with Gasteiger partial charge in [-0.2, -0.15) is 13.2 Å². The molecule has 0 radical (unpaired) electrons. The Morgan fingerprint density at radius 1 is 1.57 bits per heavy atom. The lowest BCUT2D eigenvalue weighted by atomic mass is 9.99. The Labute approximate surface area is 125 Å². The van der Waals surface area contributed by atoms with Crippen molar-refractivity contribution in [3.63, 3.8) is 0 Å². The summed E-state index contributed by atoms with van der Waals surface area (Å²) < 4.78 is 63.1. The van der Waals surface area contributed by atoms with Crippen LogP contribution >= 0.6 is 11.6 Å². The SMILES string of the molecule is [2H]C([2H])(O)c1cc(Cl)cc2c1O[C@H](C(F)(F)F)C(C(=O)OC)=C2. The second-order valence-corrected chi connectivity index (χ2v) is 4.55. The predicted molar refractivity (Wildman–Crippen MR) is 67.8 cm³/mol. The number of benzene rings is 1. The van der Waals surface area contributed by atoms with E-state index in [2.05, 4.69) is 4.74 Å². The van der Waals surface area contributed by atoms with Gasteiger partial charge in [-0.05, 0) is 18.2 Å². The van der Waals surface area contributed by atoms with Gasteiger partial charge in [-0.25, -0.2) is 4.79 Å². The van der Waals surface area contributed by atoms with Crippen LogP contribution in [0.2, 0.25) is 5.02 Å². The highest BCUT2D eigenvalue weighted by molar-refractivity contribution is 6.30. The smallest absolute Gasteiger partial charge is 0.430 e. The van der Waals surface area contributed by atoms with E-state index < -0.39 is 41.7 Å². The summed E-state index contributed by atoms with van der Waals surface area (Å²) in [5, 5.41) is 9.43. The third-order valence-electron chi connectivity index (χ3n) is 2.75. The maximum Gasteiger partial charge on any atom is 0.430 e. The van der Waals surface area contributed by atoms with Gasteiger partial charge >= 0.3 is 12.1 Å². The van der Waals surface area contributed by atoms with Crippen molar-refractivity contribution in [2.24, 2.45) is 0 Å². The zero-order valence-corrected chi connectivity index (χ0v) is 11.2. The van der Waals surface area contributed by atoms with E-state index in [9.17, 15) is 23.1 Å². The van der Waals surface area contributed by atoms with Crippen molar-refractivity contribution in [2.45, 2.75) is 18.8 Å². The number of halogens is 4. The lowest BCUT2D eigenvalue weighted by Gasteiger charge is -2.28. The summed E-state index contributed by atoms with van der Waals surface area (Å²) in [5.74, 6) is -1.79. The largest absolute Gasteiger partial charge is 0.475 e. The van der Waals surface area contributed by atoms with E-state index in [-0.39, 0.29) is 10.6 Å². The molecule has 2 rings (SSSR count). The number of carbonyl (C=O) groups excluding carboxylic acids is 1. The summed E-state index contributed by atoms with van der Waals surface area (Å²) in [5.41, 5.74) is -1.46. The molecule has 1 aromatic carbocycles. The van der Waals surface area contributed by atoms with Crippen molar-refractivity contribution in [3.8, 4) is 5.75 Å². The Kier molecular flexibility index (Phi) is 3.44. The zero-order chi connectivity index (χ0) is 17.6. The number of alkyl halides is 3. The molecule has 0 aromatic heterocycles. The molecule has 1 aliphatic rings. The molecule has 0 amide bonds. The average molecular weight is 325 g/mol. The van der Waals surface area contributed by atoms with E-state index in [1.54, 1.807) is 0 Å². The van der Waals surface area contributed by atoms with Gasteiger partial charge in [0.25, 0.3) is 0 Å². The highest BCUT2D eigenvalue weighted by Gasteiger charge is 2.49. The molecule has 0 unspecified atom stereocenters. The molecule has 1 atom stereocenters. The molecular formula is C13H10ClF3O4. The van der Waals surface area contributed by atoms with Gasteiger partial charge in [0.15, 0.2) is 0 Å². The first-order chi connectivity index (χ1) is 10.4. The van der Waals surface area contributed by atoms with E-state index in [4.69, 9.17) is 19.1 Å². The minimum Gasteiger partial charge on any atom is -0.475 e. The Balaban J connectivity index is 2.70. The second-order valence-electron chi connectivity index (χ2n) is 4.11. The first-order valence-electron chi connectivity index (χ1n) is 6.55. The number of fused-ring (bicyclic) bond motifs is 1. The standard InChI is InChI=1S/C13H10ClF3O4/c1-20-12(19)9-4-6-2-8(14)3-7(5-18)10(6)21-11(9)13(15,16)17/h2-4,11,18H,5H2,1H3/t11-/m0/s1/i5D2. The van der Waals surface area contributed by atoms with Crippen LogP contribution in [0.5, 0.6) is 5.75 Å². The molecule has 1 aliphatic heterocycles. The third kappa shape index (κ3) is 2.98. The molecule has 0 saturated heterocycles. The number of ether oxygens (including phenoxy) is 2. The van der Waals surface area contributed by atoms with Gasteiger partial charge in [0.1, 0.15) is 5.75 Å². The number of carbonyl (C=O) groups is 1. The number of hydrogen-bond acceptors (Lipinski definition) is 4. The van der Waals surface area contributed by atoms with Gasteiger partial charge < -0.3 is 14.6 Å². The Hall–Kier alpha value is -1.73. The van der Waals surface area contributed by atoms with Crippen molar-refractivity contribution < 1.29 is 35.3 Å². The Bertz CT molecular complexity index is 683. The number of methoxy groups -OCH3 is 1. The molecule has 0 saturated carbocycles. The van der Waals surface area contributed by atoms with E-state index in [0.29, 0.717) is 0 Å². The maximum absolute atomic E-state index is 13.1. The highest BCUT2D eigenvalue weighted by atomic mass is 35.5.